The lowest BCUT2D eigenvalue weighted by Crippen LogP contribution is -2.47. The largest absolute Gasteiger partial charge is 0.340 e. The molecule has 0 spiro atoms. The van der Waals surface area contributed by atoms with E-state index in [1.54, 1.807) is 48.5 Å². The van der Waals surface area contributed by atoms with E-state index in [-0.39, 0.29) is 17.7 Å². The summed E-state index contributed by atoms with van der Waals surface area (Å²) in [6.07, 6.45) is 0. The van der Waals surface area contributed by atoms with Crippen molar-refractivity contribution in [2.75, 3.05) is 5.32 Å². The number of H-pyrrole nitrogens is 1. The van der Waals surface area contributed by atoms with E-state index in [1.165, 1.54) is 0 Å². The fourth-order valence-corrected chi connectivity index (χ4v) is 2.69. The smallest absolute Gasteiger partial charge is 0.251 e. The van der Waals surface area contributed by atoms with Gasteiger partial charge in [-0.25, -0.2) is 0 Å². The molecule has 9 heteroatoms. The molecule has 1 unspecified atom stereocenters. The summed E-state index contributed by atoms with van der Waals surface area (Å²) >= 11 is 5.85. The summed E-state index contributed by atoms with van der Waals surface area (Å²) in [5, 5.41) is 19.9. The number of amides is 2. The molecular weight excluding hydrogens is 380 g/mol. The minimum Gasteiger partial charge on any atom is -0.340 e. The molecule has 0 fully saturated rings. The van der Waals surface area contributed by atoms with Gasteiger partial charge in [-0.2, -0.15) is 5.21 Å². The average molecular weight is 399 g/mol. The lowest BCUT2D eigenvalue weighted by atomic mass is 10.0. The molecule has 28 heavy (non-hydrogen) atoms. The molecule has 144 valence electrons. The van der Waals surface area contributed by atoms with Crippen LogP contribution >= 0.6 is 11.6 Å². The van der Waals surface area contributed by atoms with Gasteiger partial charge in [0.05, 0.1) is 0 Å². The first-order valence-corrected chi connectivity index (χ1v) is 9.03. The molecule has 0 bridgehead atoms. The summed E-state index contributed by atoms with van der Waals surface area (Å²) in [6, 6.07) is 12.8. The van der Waals surface area contributed by atoms with E-state index in [1.807, 2.05) is 13.8 Å². The number of benzene rings is 2. The molecule has 2 amide bonds. The van der Waals surface area contributed by atoms with Crippen molar-refractivity contribution in [2.24, 2.45) is 5.92 Å². The number of nitrogens with zero attached hydrogens (tertiary/aromatic N) is 3. The number of tetrazole rings is 1. The third-order valence-electron chi connectivity index (χ3n) is 4.10. The van der Waals surface area contributed by atoms with E-state index in [9.17, 15) is 9.59 Å². The third kappa shape index (κ3) is 4.72. The van der Waals surface area contributed by atoms with Crippen LogP contribution < -0.4 is 10.6 Å². The average Bonchev–Trinajstić information content (AvgIpc) is 3.21. The summed E-state index contributed by atoms with van der Waals surface area (Å²) in [6.45, 7) is 3.73. The second-order valence-electron chi connectivity index (χ2n) is 6.50. The third-order valence-corrected chi connectivity index (χ3v) is 4.35. The lowest BCUT2D eigenvalue weighted by Gasteiger charge is -2.22. The number of rotatable bonds is 6. The fourth-order valence-electron chi connectivity index (χ4n) is 2.57. The molecule has 3 N–H and O–H groups in total. The predicted molar refractivity (Wildman–Crippen MR) is 106 cm³/mol. The quantitative estimate of drug-likeness (QED) is 0.591. The second-order valence-corrected chi connectivity index (χ2v) is 6.94. The van der Waals surface area contributed by atoms with E-state index >= 15 is 0 Å². The van der Waals surface area contributed by atoms with Crippen LogP contribution in [0.5, 0.6) is 0 Å². The summed E-state index contributed by atoms with van der Waals surface area (Å²) in [5.41, 5.74) is 1.80. The Balaban J connectivity index is 1.67. The Kier molecular flexibility index (Phi) is 6.00. The molecule has 0 aliphatic carbocycles. The normalized spacial score (nSPS) is 11.9. The SMILES string of the molecule is CC(C)C(NC(=O)c1ccc(Cl)cc1)C(=O)Nc1ccc(-c2nn[nH]n2)cc1. The summed E-state index contributed by atoms with van der Waals surface area (Å²) < 4.78 is 0. The van der Waals surface area contributed by atoms with Gasteiger partial charge in [0.15, 0.2) is 0 Å². The van der Waals surface area contributed by atoms with Gasteiger partial charge < -0.3 is 10.6 Å². The molecule has 0 saturated heterocycles. The first-order chi connectivity index (χ1) is 13.4. The van der Waals surface area contributed by atoms with Crippen molar-refractivity contribution in [1.82, 2.24) is 25.9 Å². The Bertz CT molecular complexity index is 940. The van der Waals surface area contributed by atoms with Gasteiger partial charge in [-0.15, -0.1) is 10.2 Å². The zero-order valence-electron chi connectivity index (χ0n) is 15.3. The number of aromatic nitrogens is 4. The van der Waals surface area contributed by atoms with Crippen molar-refractivity contribution < 1.29 is 9.59 Å². The van der Waals surface area contributed by atoms with Crippen LogP contribution in [0.4, 0.5) is 5.69 Å². The maximum Gasteiger partial charge on any atom is 0.251 e. The number of halogens is 1. The molecule has 3 aromatic rings. The highest BCUT2D eigenvalue weighted by Crippen LogP contribution is 2.18. The number of nitrogens with one attached hydrogen (secondary N) is 3. The monoisotopic (exact) mass is 398 g/mol. The lowest BCUT2D eigenvalue weighted by molar-refractivity contribution is -0.118. The van der Waals surface area contributed by atoms with E-state index in [0.717, 1.165) is 5.56 Å². The van der Waals surface area contributed by atoms with Gasteiger partial charge in [0, 0.05) is 21.8 Å². The molecule has 0 aliphatic rings. The highest BCUT2D eigenvalue weighted by Gasteiger charge is 2.24. The summed E-state index contributed by atoms with van der Waals surface area (Å²) in [7, 11) is 0. The highest BCUT2D eigenvalue weighted by molar-refractivity contribution is 6.30. The van der Waals surface area contributed by atoms with E-state index in [2.05, 4.69) is 31.3 Å². The van der Waals surface area contributed by atoms with Crippen LogP contribution in [-0.4, -0.2) is 38.5 Å². The van der Waals surface area contributed by atoms with Gasteiger partial charge in [-0.3, -0.25) is 9.59 Å². The van der Waals surface area contributed by atoms with Gasteiger partial charge in [0.25, 0.3) is 5.91 Å². The number of hydrogen-bond donors (Lipinski definition) is 3. The maximum absolute atomic E-state index is 12.7. The molecule has 0 aliphatic heterocycles. The number of anilines is 1. The zero-order chi connectivity index (χ0) is 20.1. The van der Waals surface area contributed by atoms with Crippen LogP contribution in [-0.2, 0) is 4.79 Å². The van der Waals surface area contributed by atoms with Gasteiger partial charge in [-0.1, -0.05) is 25.4 Å². The molecule has 0 saturated carbocycles. The minimum atomic E-state index is -0.694. The van der Waals surface area contributed by atoms with Crippen molar-refractivity contribution in [3.63, 3.8) is 0 Å². The first kappa shape index (κ1) is 19.5. The van der Waals surface area contributed by atoms with Crippen LogP contribution in [0.2, 0.25) is 5.02 Å². The predicted octanol–water partition coefficient (Wildman–Crippen LogP) is 2.91. The maximum atomic E-state index is 12.7. The molecule has 8 nitrogen and oxygen atoms in total. The molecule has 0 radical (unpaired) electrons. The molecule has 3 rings (SSSR count). The van der Waals surface area contributed by atoms with Crippen LogP contribution in [0, 0.1) is 5.92 Å². The van der Waals surface area contributed by atoms with E-state index < -0.39 is 6.04 Å². The van der Waals surface area contributed by atoms with Crippen LogP contribution in [0.25, 0.3) is 11.4 Å². The Morgan fingerprint density at radius 1 is 1.04 bits per heavy atom. The highest BCUT2D eigenvalue weighted by atomic mass is 35.5. The Hall–Kier alpha value is -3.26. The van der Waals surface area contributed by atoms with Gasteiger partial charge in [-0.05, 0) is 59.7 Å². The van der Waals surface area contributed by atoms with Crippen molar-refractivity contribution >= 4 is 29.1 Å². The molecular formula is C19H19ClN6O2. The van der Waals surface area contributed by atoms with E-state index in [0.29, 0.717) is 22.1 Å². The molecule has 2 aromatic carbocycles. The summed E-state index contributed by atoms with van der Waals surface area (Å²) in [4.78, 5) is 25.1. The van der Waals surface area contributed by atoms with E-state index in [4.69, 9.17) is 11.6 Å². The first-order valence-electron chi connectivity index (χ1n) is 8.65. The Morgan fingerprint density at radius 2 is 1.71 bits per heavy atom. The second kappa shape index (κ2) is 8.62. The van der Waals surface area contributed by atoms with Crippen molar-refractivity contribution in [2.45, 2.75) is 19.9 Å². The zero-order valence-corrected chi connectivity index (χ0v) is 16.1. The van der Waals surface area contributed by atoms with Crippen LogP contribution in [0.3, 0.4) is 0 Å². The number of hydrogen-bond acceptors (Lipinski definition) is 5. The topological polar surface area (TPSA) is 113 Å². The van der Waals surface area contributed by atoms with Crippen molar-refractivity contribution in [3.05, 3.63) is 59.1 Å². The van der Waals surface area contributed by atoms with Crippen LogP contribution in [0.1, 0.15) is 24.2 Å². The van der Waals surface area contributed by atoms with Crippen molar-refractivity contribution in [3.8, 4) is 11.4 Å². The van der Waals surface area contributed by atoms with Crippen LogP contribution in [0.15, 0.2) is 48.5 Å². The fraction of sp³-hybridized carbons (Fsp3) is 0.211. The molecule has 1 aromatic heterocycles. The number of carbonyl (C=O) groups is 2. The molecule has 1 heterocycles. The standard InChI is InChI=1S/C19H19ClN6O2/c1-11(2)16(22-18(27)13-3-7-14(20)8-4-13)19(28)21-15-9-5-12(6-10-15)17-23-25-26-24-17/h3-11,16H,1-2H3,(H,21,28)(H,22,27)(H,23,24,25,26). The van der Waals surface area contributed by atoms with Crippen molar-refractivity contribution in [1.29, 1.82) is 0 Å². The molecule has 1 atom stereocenters. The minimum absolute atomic E-state index is 0.102. The van der Waals surface area contributed by atoms with Gasteiger partial charge in [0.2, 0.25) is 11.7 Å². The Labute approximate surface area is 166 Å². The Morgan fingerprint density at radius 3 is 2.29 bits per heavy atom. The number of aromatic amines is 1. The number of carbonyl (C=O) groups excluding carboxylic acids is 2. The van der Waals surface area contributed by atoms with Gasteiger partial charge in [0.1, 0.15) is 6.04 Å². The van der Waals surface area contributed by atoms with Gasteiger partial charge >= 0.3 is 0 Å². The summed E-state index contributed by atoms with van der Waals surface area (Å²) in [5.74, 6) is -0.273.